The zero-order valence-electron chi connectivity index (χ0n) is 17.2. The normalized spacial score (nSPS) is 17.4. The number of likely N-dealkylation sites (tertiary alicyclic amines) is 1. The second kappa shape index (κ2) is 8.26. The number of hydrogen-bond acceptors (Lipinski definition) is 6. The first-order valence-corrected chi connectivity index (χ1v) is 11.4. The fourth-order valence-electron chi connectivity index (χ4n) is 4.35. The first-order chi connectivity index (χ1) is 14.0. The van der Waals surface area contributed by atoms with Crippen LogP contribution in [-0.4, -0.2) is 53.4 Å². The Morgan fingerprint density at radius 2 is 1.93 bits per heavy atom. The van der Waals surface area contributed by atoms with Crippen molar-refractivity contribution < 1.29 is 9.59 Å². The fraction of sp³-hybridized carbons (Fsp3) is 0.619. The molecule has 2 aromatic heterocycles. The molecule has 0 unspecified atom stereocenters. The minimum Gasteiger partial charge on any atom is -0.369 e. The number of primary amides is 1. The van der Waals surface area contributed by atoms with Crippen molar-refractivity contribution >= 4 is 39.2 Å². The molecule has 0 saturated carbocycles. The Bertz CT molecular complexity index is 933. The number of aryl methyl sites for hydroxylation is 2. The maximum atomic E-state index is 12.8. The first-order valence-electron chi connectivity index (χ1n) is 10.6. The summed E-state index contributed by atoms with van der Waals surface area (Å²) in [4.78, 5) is 40.2. The molecule has 2 aliphatic rings. The summed E-state index contributed by atoms with van der Waals surface area (Å²) in [7, 11) is 2.05. The maximum Gasteiger partial charge on any atom is 0.230 e. The minimum absolute atomic E-state index is 0.0266. The molecule has 1 aliphatic carbocycles. The molecule has 2 amide bonds. The van der Waals surface area contributed by atoms with E-state index >= 15 is 0 Å². The Hall–Kier alpha value is -2.22. The van der Waals surface area contributed by atoms with Crippen LogP contribution in [0, 0.1) is 5.92 Å². The highest BCUT2D eigenvalue weighted by atomic mass is 32.1. The van der Waals surface area contributed by atoms with E-state index in [1.165, 1.54) is 28.7 Å². The summed E-state index contributed by atoms with van der Waals surface area (Å²) >= 11 is 1.77. The average molecular weight is 416 g/mol. The summed E-state index contributed by atoms with van der Waals surface area (Å²) in [6, 6.07) is 0. The monoisotopic (exact) mass is 415 g/mol. The van der Waals surface area contributed by atoms with Crippen molar-refractivity contribution in [2.24, 2.45) is 11.7 Å². The van der Waals surface area contributed by atoms with Crippen LogP contribution in [-0.2, 0) is 28.9 Å². The molecule has 0 spiro atoms. The van der Waals surface area contributed by atoms with E-state index in [1.807, 2.05) is 4.90 Å². The van der Waals surface area contributed by atoms with Crippen LogP contribution in [0.15, 0.2) is 0 Å². The van der Waals surface area contributed by atoms with Crippen molar-refractivity contribution in [3.8, 4) is 0 Å². The van der Waals surface area contributed by atoms with Crippen LogP contribution in [0.2, 0.25) is 0 Å². The van der Waals surface area contributed by atoms with Crippen molar-refractivity contribution in [1.29, 1.82) is 0 Å². The predicted octanol–water partition coefficient (Wildman–Crippen LogP) is 2.29. The quantitative estimate of drug-likeness (QED) is 0.809. The highest BCUT2D eigenvalue weighted by Gasteiger charge is 2.27. The van der Waals surface area contributed by atoms with Gasteiger partial charge in [-0.05, 0) is 51.0 Å². The second-order valence-electron chi connectivity index (χ2n) is 8.10. The number of nitrogens with two attached hydrogens (primary N) is 1. The largest absolute Gasteiger partial charge is 0.369 e. The molecule has 8 heteroatoms. The van der Waals surface area contributed by atoms with Gasteiger partial charge in [-0.1, -0.05) is 0 Å². The second-order valence-corrected chi connectivity index (χ2v) is 9.19. The zero-order valence-corrected chi connectivity index (χ0v) is 18.1. The van der Waals surface area contributed by atoms with E-state index in [0.29, 0.717) is 31.8 Å². The molecule has 0 atom stereocenters. The number of anilines is 1. The number of nitrogens with zero attached hydrogens (tertiary/aromatic N) is 4. The van der Waals surface area contributed by atoms with E-state index in [1.54, 1.807) is 11.3 Å². The van der Waals surface area contributed by atoms with E-state index in [4.69, 9.17) is 15.7 Å². The molecule has 0 bridgehead atoms. The number of aromatic nitrogens is 2. The molecule has 2 aromatic rings. The SMILES string of the molecule is CCN(C)c1nc(CC(=O)N2CCC(C(N)=O)CC2)nc2sc3c(c12)CCCC3. The third-order valence-corrected chi connectivity index (χ3v) is 7.42. The lowest BCUT2D eigenvalue weighted by Crippen LogP contribution is -2.42. The fourth-order valence-corrected chi connectivity index (χ4v) is 5.62. The molecular formula is C21H29N5O2S. The number of carbonyl (C=O) groups excluding carboxylic acids is 2. The summed E-state index contributed by atoms with van der Waals surface area (Å²) in [6.07, 6.45) is 6.15. The molecule has 7 nitrogen and oxygen atoms in total. The van der Waals surface area contributed by atoms with Gasteiger partial charge < -0.3 is 15.5 Å². The van der Waals surface area contributed by atoms with Gasteiger partial charge in [-0.15, -0.1) is 11.3 Å². The number of piperidine rings is 1. The lowest BCUT2D eigenvalue weighted by atomic mass is 9.96. The number of thiophene rings is 1. The smallest absolute Gasteiger partial charge is 0.230 e. The predicted molar refractivity (Wildman–Crippen MR) is 115 cm³/mol. The van der Waals surface area contributed by atoms with Crippen LogP contribution in [0.1, 0.15) is 48.9 Å². The lowest BCUT2D eigenvalue weighted by molar-refractivity contribution is -0.134. The number of fused-ring (bicyclic) bond motifs is 3. The molecule has 3 heterocycles. The standard InChI is InChI=1S/C21H29N5O2S/c1-3-25(2)20-18-14-6-4-5-7-15(14)29-21(18)24-16(23-20)12-17(27)26-10-8-13(9-11-26)19(22)28/h13H,3-12H2,1-2H3,(H2,22,28). The van der Waals surface area contributed by atoms with Gasteiger partial charge in [0.1, 0.15) is 16.5 Å². The van der Waals surface area contributed by atoms with Crippen molar-refractivity contribution in [2.45, 2.75) is 51.9 Å². The topological polar surface area (TPSA) is 92.4 Å². The molecule has 2 N–H and O–H groups in total. The summed E-state index contributed by atoms with van der Waals surface area (Å²) < 4.78 is 0. The molecule has 4 rings (SSSR count). The first kappa shape index (κ1) is 20.1. The molecule has 0 aromatic carbocycles. The van der Waals surface area contributed by atoms with Crippen LogP contribution in [0.3, 0.4) is 0 Å². The van der Waals surface area contributed by atoms with E-state index in [0.717, 1.165) is 30.0 Å². The van der Waals surface area contributed by atoms with Gasteiger partial charge in [0.25, 0.3) is 0 Å². The summed E-state index contributed by atoms with van der Waals surface area (Å²) in [5, 5.41) is 1.19. The van der Waals surface area contributed by atoms with Gasteiger partial charge in [0.15, 0.2) is 0 Å². The highest BCUT2D eigenvalue weighted by molar-refractivity contribution is 7.19. The van der Waals surface area contributed by atoms with Crippen LogP contribution >= 0.6 is 11.3 Å². The Morgan fingerprint density at radius 3 is 2.62 bits per heavy atom. The van der Waals surface area contributed by atoms with Crippen molar-refractivity contribution in [2.75, 3.05) is 31.6 Å². The van der Waals surface area contributed by atoms with Crippen molar-refractivity contribution in [1.82, 2.24) is 14.9 Å². The van der Waals surface area contributed by atoms with Gasteiger partial charge >= 0.3 is 0 Å². The number of carbonyl (C=O) groups is 2. The summed E-state index contributed by atoms with van der Waals surface area (Å²) in [5.74, 6) is 1.19. The van der Waals surface area contributed by atoms with Crippen LogP contribution in [0.4, 0.5) is 5.82 Å². The summed E-state index contributed by atoms with van der Waals surface area (Å²) in [5.41, 5.74) is 6.81. The van der Waals surface area contributed by atoms with Gasteiger partial charge in [0.05, 0.1) is 11.8 Å². The van der Waals surface area contributed by atoms with E-state index in [2.05, 4.69) is 18.9 Å². The molecule has 156 valence electrons. The third-order valence-electron chi connectivity index (χ3n) is 6.24. The molecule has 29 heavy (non-hydrogen) atoms. The minimum atomic E-state index is -0.264. The number of amides is 2. The van der Waals surface area contributed by atoms with Gasteiger partial charge in [-0.3, -0.25) is 9.59 Å². The van der Waals surface area contributed by atoms with Crippen molar-refractivity contribution in [3.63, 3.8) is 0 Å². The van der Waals surface area contributed by atoms with E-state index < -0.39 is 0 Å². The van der Waals surface area contributed by atoms with Gasteiger partial charge in [-0.2, -0.15) is 0 Å². The van der Waals surface area contributed by atoms with Gasteiger partial charge in [0, 0.05) is 37.5 Å². The maximum absolute atomic E-state index is 12.8. The molecule has 1 fully saturated rings. The van der Waals surface area contributed by atoms with Gasteiger partial charge in [0.2, 0.25) is 11.8 Å². The average Bonchev–Trinajstić information content (AvgIpc) is 3.11. The Labute approximate surface area is 175 Å². The van der Waals surface area contributed by atoms with Crippen molar-refractivity contribution in [3.05, 3.63) is 16.3 Å². The number of hydrogen-bond donors (Lipinski definition) is 1. The Morgan fingerprint density at radius 1 is 1.21 bits per heavy atom. The van der Waals surface area contributed by atoms with Gasteiger partial charge in [-0.25, -0.2) is 9.97 Å². The molecular weight excluding hydrogens is 386 g/mol. The van der Waals surface area contributed by atoms with Crippen LogP contribution in [0.25, 0.3) is 10.2 Å². The number of rotatable bonds is 5. The Balaban J connectivity index is 1.59. The highest BCUT2D eigenvalue weighted by Crippen LogP contribution is 2.39. The lowest BCUT2D eigenvalue weighted by Gasteiger charge is -2.30. The van der Waals surface area contributed by atoms with Crippen LogP contribution in [0.5, 0.6) is 0 Å². The zero-order chi connectivity index (χ0) is 20.5. The van der Waals surface area contributed by atoms with E-state index in [-0.39, 0.29) is 24.2 Å². The molecule has 1 aliphatic heterocycles. The van der Waals surface area contributed by atoms with Crippen LogP contribution < -0.4 is 10.6 Å². The molecule has 0 radical (unpaired) electrons. The van der Waals surface area contributed by atoms with E-state index in [9.17, 15) is 9.59 Å². The third kappa shape index (κ3) is 3.95. The molecule has 1 saturated heterocycles. The Kier molecular flexibility index (Phi) is 5.72. The summed E-state index contributed by atoms with van der Waals surface area (Å²) in [6.45, 7) is 4.11.